The molecule has 18 heavy (non-hydrogen) atoms. The molecule has 0 aliphatic rings. The van der Waals surface area contributed by atoms with Crippen LogP contribution in [0.3, 0.4) is 0 Å². The maximum absolute atomic E-state index is 11.8. The molecule has 0 fully saturated rings. The molecule has 0 radical (unpaired) electrons. The van der Waals surface area contributed by atoms with Crippen LogP contribution in [0.25, 0.3) is 0 Å². The van der Waals surface area contributed by atoms with E-state index in [1.165, 1.54) is 0 Å². The highest BCUT2D eigenvalue weighted by Crippen LogP contribution is 2.58. The molecule has 13 heteroatoms. The second-order valence-electron chi connectivity index (χ2n) is 3.38. The molecule has 0 aliphatic carbocycles. The average molecular weight is 327 g/mol. The maximum atomic E-state index is 11.8. The highest BCUT2D eigenvalue weighted by Gasteiger charge is 2.38. The lowest BCUT2D eigenvalue weighted by Gasteiger charge is -2.24. The molecule has 0 rings (SSSR count). The van der Waals surface area contributed by atoms with Gasteiger partial charge in [0.2, 0.25) is 0 Å². The van der Waals surface area contributed by atoms with Crippen LogP contribution in [-0.2, 0) is 22.7 Å². The molecule has 0 aliphatic heterocycles. The molecule has 0 amide bonds. The monoisotopic (exact) mass is 327 g/mol. The Kier molecular flexibility index (Phi) is 6.38. The van der Waals surface area contributed by atoms with Gasteiger partial charge in [0.05, 0.1) is 6.29 Å². The number of rotatable bonds is 7. The van der Waals surface area contributed by atoms with Crippen molar-refractivity contribution in [3.8, 4) is 0 Å². The Balaban J connectivity index is 4.90. The fraction of sp³-hybridized carbons (Fsp3) is 1.00. The Bertz CT molecular complexity index is 378. The van der Waals surface area contributed by atoms with Gasteiger partial charge in [-0.1, -0.05) is 0 Å². The first-order valence-electron chi connectivity index (χ1n) is 4.58. The largest absolute Gasteiger partial charge is 0.354 e. The van der Waals surface area contributed by atoms with Gasteiger partial charge in [-0.15, -0.1) is 0 Å². The zero-order chi connectivity index (χ0) is 14.8. The Hall–Kier alpha value is 0.410. The fourth-order valence-corrected chi connectivity index (χ4v) is 3.69. The molecule has 0 spiro atoms. The minimum atomic E-state index is -4.67. The molecule has 0 saturated carbocycles. The summed E-state index contributed by atoms with van der Waals surface area (Å²) in [7, 11) is -13.6. The van der Waals surface area contributed by atoms with Gasteiger partial charge < -0.3 is 25.3 Å². The van der Waals surface area contributed by atoms with Crippen LogP contribution in [-0.4, -0.2) is 37.5 Å². The Morgan fingerprint density at radius 2 is 1.22 bits per heavy atom. The lowest BCUT2D eigenvalue weighted by molar-refractivity contribution is 0.156. The quantitative estimate of drug-likeness (QED) is 0.405. The molecule has 0 saturated heterocycles. The summed E-state index contributed by atoms with van der Waals surface area (Å²) in [5, 5.41) is 0. The first-order chi connectivity index (χ1) is 7.82. The van der Waals surface area contributed by atoms with Crippen LogP contribution in [0.15, 0.2) is 0 Å². The number of nitrogens with two attached hydrogens (primary N) is 1. The molecule has 0 aromatic carbocycles. The molecule has 0 bridgehead atoms. The number of hydrogen-bond donors (Lipinski definition) is 5. The highest BCUT2D eigenvalue weighted by atomic mass is 31.2. The molecular formula is C5H16NO9P3. The van der Waals surface area contributed by atoms with Gasteiger partial charge in [0.15, 0.2) is 11.7 Å². The van der Waals surface area contributed by atoms with E-state index in [0.29, 0.717) is 0 Å². The van der Waals surface area contributed by atoms with E-state index >= 15 is 0 Å². The average Bonchev–Trinajstić information content (AvgIpc) is 2.14. The molecule has 0 aromatic heterocycles. The van der Waals surface area contributed by atoms with Crippen LogP contribution in [0.5, 0.6) is 0 Å². The van der Waals surface area contributed by atoms with Crippen molar-refractivity contribution in [2.45, 2.75) is 25.5 Å². The van der Waals surface area contributed by atoms with E-state index in [1.54, 1.807) is 0 Å². The van der Waals surface area contributed by atoms with E-state index < -0.39 is 40.8 Å². The van der Waals surface area contributed by atoms with Crippen molar-refractivity contribution in [3.63, 3.8) is 0 Å². The molecular weight excluding hydrogens is 311 g/mol. The Labute approximate surface area is 103 Å². The van der Waals surface area contributed by atoms with Crippen molar-refractivity contribution < 1.29 is 42.3 Å². The zero-order valence-corrected chi connectivity index (χ0v) is 12.3. The van der Waals surface area contributed by atoms with Gasteiger partial charge in [0, 0.05) is 0 Å². The summed E-state index contributed by atoms with van der Waals surface area (Å²) in [6.07, 6.45) is -0.776. The SMILES string of the molecule is CC(OP(=O)(CN)OC(C)P(=O)(O)O)P(=O)(O)O. The first kappa shape index (κ1) is 18.4. The summed E-state index contributed by atoms with van der Waals surface area (Å²) in [5.41, 5.74) is 5.07. The fourth-order valence-electron chi connectivity index (χ4n) is 0.699. The summed E-state index contributed by atoms with van der Waals surface area (Å²) in [4.78, 5) is 35.0. The van der Waals surface area contributed by atoms with Gasteiger partial charge >= 0.3 is 22.8 Å². The smallest absolute Gasteiger partial charge is 0.323 e. The predicted octanol–water partition coefficient (Wildman–Crippen LogP) is 0.176. The molecule has 0 aromatic rings. The molecule has 6 N–H and O–H groups in total. The molecule has 10 nitrogen and oxygen atoms in total. The van der Waals surface area contributed by atoms with Gasteiger partial charge in [-0.2, -0.15) is 0 Å². The zero-order valence-electron chi connectivity index (χ0n) is 9.61. The lowest BCUT2D eigenvalue weighted by atomic mass is 10.9. The second kappa shape index (κ2) is 6.24. The summed E-state index contributed by atoms with van der Waals surface area (Å²) < 4.78 is 42.5. The van der Waals surface area contributed by atoms with E-state index in [4.69, 9.17) is 25.3 Å². The highest BCUT2D eigenvalue weighted by molar-refractivity contribution is 7.57. The summed E-state index contributed by atoms with van der Waals surface area (Å²) in [6, 6.07) is 0. The van der Waals surface area contributed by atoms with Crippen LogP contribution in [0.2, 0.25) is 0 Å². The van der Waals surface area contributed by atoms with Crippen molar-refractivity contribution >= 4 is 22.8 Å². The van der Waals surface area contributed by atoms with Crippen molar-refractivity contribution in [1.82, 2.24) is 0 Å². The second-order valence-corrected chi connectivity index (χ2v) is 9.20. The summed E-state index contributed by atoms with van der Waals surface area (Å²) in [5.74, 6) is -3.54. The molecule has 0 heterocycles. The van der Waals surface area contributed by atoms with Gasteiger partial charge in [-0.05, 0) is 13.8 Å². The first-order valence-corrected chi connectivity index (χ1v) is 9.67. The van der Waals surface area contributed by atoms with Gasteiger partial charge in [-0.3, -0.25) is 22.7 Å². The number of hydrogen-bond acceptors (Lipinski definition) is 6. The third-order valence-electron chi connectivity index (χ3n) is 1.80. The van der Waals surface area contributed by atoms with Crippen LogP contribution >= 0.6 is 22.8 Å². The minimum Gasteiger partial charge on any atom is -0.323 e. The van der Waals surface area contributed by atoms with E-state index in [-0.39, 0.29) is 0 Å². The Morgan fingerprint density at radius 1 is 0.944 bits per heavy atom. The summed E-state index contributed by atoms with van der Waals surface area (Å²) >= 11 is 0. The van der Waals surface area contributed by atoms with Crippen LogP contribution in [0.4, 0.5) is 0 Å². The van der Waals surface area contributed by atoms with Gasteiger partial charge in [0.1, 0.15) is 0 Å². The van der Waals surface area contributed by atoms with Crippen molar-refractivity contribution in [3.05, 3.63) is 0 Å². The third-order valence-corrected chi connectivity index (χ3v) is 5.96. The van der Waals surface area contributed by atoms with E-state index in [0.717, 1.165) is 13.8 Å². The molecule has 2 atom stereocenters. The van der Waals surface area contributed by atoms with Gasteiger partial charge in [0.25, 0.3) is 0 Å². The molecule has 2 unspecified atom stereocenters. The van der Waals surface area contributed by atoms with Crippen LogP contribution in [0.1, 0.15) is 13.8 Å². The van der Waals surface area contributed by atoms with Crippen molar-refractivity contribution in [2.24, 2.45) is 5.73 Å². The van der Waals surface area contributed by atoms with Crippen LogP contribution < -0.4 is 5.73 Å². The van der Waals surface area contributed by atoms with Crippen LogP contribution in [0, 0.1) is 0 Å². The topological polar surface area (TPSA) is 177 Å². The minimum absolute atomic E-state index is 0.776. The molecule has 110 valence electrons. The van der Waals surface area contributed by atoms with E-state index in [1.807, 2.05) is 0 Å². The lowest BCUT2D eigenvalue weighted by Crippen LogP contribution is -2.17. The third kappa shape index (κ3) is 6.04. The standard InChI is InChI=1S/C5H16NO9P3/c1-4(17(8,9)10)14-16(7,3-6)15-5(2)18(11,12)13/h4-5H,3,6H2,1-2H3,(H2,8,9,10)(H2,11,12,13). The Morgan fingerprint density at radius 3 is 1.39 bits per heavy atom. The summed E-state index contributed by atoms with van der Waals surface area (Å²) in [6.45, 7) is 1.88. The predicted molar refractivity (Wildman–Crippen MR) is 61.8 cm³/mol. The van der Waals surface area contributed by atoms with E-state index in [9.17, 15) is 13.7 Å². The van der Waals surface area contributed by atoms with Gasteiger partial charge in [-0.25, -0.2) is 0 Å². The maximum Gasteiger partial charge on any atom is 0.354 e. The van der Waals surface area contributed by atoms with Crippen molar-refractivity contribution in [2.75, 3.05) is 6.29 Å². The van der Waals surface area contributed by atoms with E-state index in [2.05, 4.69) is 9.05 Å². The normalized spacial score (nSPS) is 20.2. The van der Waals surface area contributed by atoms with Crippen molar-refractivity contribution in [1.29, 1.82) is 0 Å².